The van der Waals surface area contributed by atoms with E-state index < -0.39 is 0 Å². The molecule has 3 aromatic carbocycles. The second kappa shape index (κ2) is 7.52. The lowest BCUT2D eigenvalue weighted by molar-refractivity contribution is -0.120. The number of thiophene rings is 1. The highest BCUT2D eigenvalue weighted by Gasteiger charge is 2.40. The molecule has 0 bridgehead atoms. The molecule has 152 valence electrons. The molecule has 0 spiro atoms. The molecule has 5 heteroatoms. The Kier molecular flexibility index (Phi) is 4.68. The first-order valence-corrected chi connectivity index (χ1v) is 10.9. The molecule has 1 aliphatic rings. The number of rotatable bonds is 4. The molecular formula is C26H20N2O2S. The molecule has 1 aromatic heterocycles. The van der Waals surface area contributed by atoms with Crippen LogP contribution in [-0.4, -0.2) is 11.8 Å². The number of nitrogens with zero attached hydrogens (tertiary/aromatic N) is 1. The van der Waals surface area contributed by atoms with Crippen LogP contribution in [0.15, 0.2) is 83.9 Å². The van der Waals surface area contributed by atoms with Gasteiger partial charge in [0, 0.05) is 16.0 Å². The van der Waals surface area contributed by atoms with E-state index in [1.54, 1.807) is 0 Å². The van der Waals surface area contributed by atoms with E-state index >= 15 is 0 Å². The van der Waals surface area contributed by atoms with Gasteiger partial charge in [0.25, 0.3) is 11.8 Å². The maximum atomic E-state index is 13.5. The second-order valence-corrected chi connectivity index (χ2v) is 8.54. The molecule has 4 nitrogen and oxygen atoms in total. The topological polar surface area (TPSA) is 49.4 Å². The zero-order chi connectivity index (χ0) is 21.5. The largest absolute Gasteiger partial charge is 0.350 e. The van der Waals surface area contributed by atoms with Crippen molar-refractivity contribution in [3.8, 4) is 0 Å². The number of carbonyl (C=O) groups excluding carboxylic acids is 2. The number of fused-ring (bicyclic) bond motifs is 1. The smallest absolute Gasteiger partial charge is 0.282 e. The summed E-state index contributed by atoms with van der Waals surface area (Å²) in [5.74, 6) is -0.650. The first kappa shape index (κ1) is 19.3. The summed E-state index contributed by atoms with van der Waals surface area (Å²) in [4.78, 5) is 29.1. The standard InChI is InChI=1S/C26H20N2O2S/c1-16-12-13-19(15-17(16)2)28-25(29)23(22-11-6-14-31-22)24(26(28)30)27-21-10-5-8-18-7-3-4-9-20(18)21/h3-15,27H,1-2H3. The van der Waals surface area contributed by atoms with Gasteiger partial charge in [0.15, 0.2) is 0 Å². The van der Waals surface area contributed by atoms with Crippen molar-refractivity contribution >= 4 is 50.9 Å². The van der Waals surface area contributed by atoms with Crippen LogP contribution in [0.25, 0.3) is 16.3 Å². The van der Waals surface area contributed by atoms with Crippen molar-refractivity contribution in [2.24, 2.45) is 0 Å². The van der Waals surface area contributed by atoms with Gasteiger partial charge in [0.05, 0.1) is 11.3 Å². The predicted octanol–water partition coefficient (Wildman–Crippen LogP) is 5.91. The maximum absolute atomic E-state index is 13.5. The number of anilines is 2. The first-order valence-electron chi connectivity index (χ1n) is 10.0. The number of nitrogens with one attached hydrogen (secondary N) is 1. The monoisotopic (exact) mass is 424 g/mol. The third-order valence-electron chi connectivity index (χ3n) is 5.65. The van der Waals surface area contributed by atoms with Crippen molar-refractivity contribution in [3.63, 3.8) is 0 Å². The average molecular weight is 425 g/mol. The molecule has 0 saturated heterocycles. The van der Waals surface area contributed by atoms with E-state index in [4.69, 9.17) is 0 Å². The summed E-state index contributed by atoms with van der Waals surface area (Å²) < 4.78 is 0. The minimum absolute atomic E-state index is 0.307. The number of hydrogen-bond donors (Lipinski definition) is 1. The van der Waals surface area contributed by atoms with E-state index in [0.717, 1.165) is 32.5 Å². The van der Waals surface area contributed by atoms with Crippen LogP contribution in [0.1, 0.15) is 16.0 Å². The van der Waals surface area contributed by atoms with Crippen LogP contribution in [0, 0.1) is 13.8 Å². The fourth-order valence-corrected chi connectivity index (χ4v) is 4.63. The minimum atomic E-state index is -0.343. The molecular weight excluding hydrogens is 404 g/mol. The van der Waals surface area contributed by atoms with Crippen molar-refractivity contribution in [2.75, 3.05) is 10.2 Å². The Bertz CT molecular complexity index is 1360. The Hall–Kier alpha value is -3.70. The van der Waals surface area contributed by atoms with Crippen LogP contribution >= 0.6 is 11.3 Å². The number of hydrogen-bond acceptors (Lipinski definition) is 4. The third-order valence-corrected chi connectivity index (χ3v) is 6.54. The van der Waals surface area contributed by atoms with Gasteiger partial charge in [0.2, 0.25) is 0 Å². The van der Waals surface area contributed by atoms with Gasteiger partial charge < -0.3 is 5.32 Å². The quantitative estimate of drug-likeness (QED) is 0.414. The Labute approximate surface area is 184 Å². The molecule has 2 amide bonds. The Balaban J connectivity index is 1.64. The van der Waals surface area contributed by atoms with Crippen molar-refractivity contribution in [3.05, 3.63) is 99.9 Å². The van der Waals surface area contributed by atoms with Crippen molar-refractivity contribution in [2.45, 2.75) is 13.8 Å². The van der Waals surface area contributed by atoms with Crippen LogP contribution < -0.4 is 10.2 Å². The third kappa shape index (κ3) is 3.23. The molecule has 2 heterocycles. The van der Waals surface area contributed by atoms with E-state index in [-0.39, 0.29) is 11.8 Å². The fraction of sp³-hybridized carbons (Fsp3) is 0.0769. The van der Waals surface area contributed by atoms with Gasteiger partial charge in [-0.05, 0) is 60.0 Å². The predicted molar refractivity (Wildman–Crippen MR) is 127 cm³/mol. The lowest BCUT2D eigenvalue weighted by Gasteiger charge is -2.17. The van der Waals surface area contributed by atoms with Gasteiger partial charge >= 0.3 is 0 Å². The molecule has 0 radical (unpaired) electrons. The number of imide groups is 1. The molecule has 0 unspecified atom stereocenters. The Morgan fingerprint density at radius 2 is 1.61 bits per heavy atom. The first-order chi connectivity index (χ1) is 15.0. The zero-order valence-electron chi connectivity index (χ0n) is 17.2. The van der Waals surface area contributed by atoms with Crippen LogP contribution in [0.5, 0.6) is 0 Å². The lowest BCUT2D eigenvalue weighted by Crippen LogP contribution is -2.32. The van der Waals surface area contributed by atoms with Gasteiger partial charge in [-0.3, -0.25) is 9.59 Å². The van der Waals surface area contributed by atoms with Crippen LogP contribution in [0.4, 0.5) is 11.4 Å². The molecule has 31 heavy (non-hydrogen) atoms. The highest BCUT2D eigenvalue weighted by molar-refractivity contribution is 7.11. The van der Waals surface area contributed by atoms with E-state index in [2.05, 4.69) is 5.32 Å². The Morgan fingerprint density at radius 3 is 2.39 bits per heavy atom. The summed E-state index contributed by atoms with van der Waals surface area (Å²) in [6, 6.07) is 23.3. The van der Waals surface area contributed by atoms with Crippen molar-refractivity contribution in [1.82, 2.24) is 0 Å². The van der Waals surface area contributed by atoms with Crippen molar-refractivity contribution < 1.29 is 9.59 Å². The van der Waals surface area contributed by atoms with Crippen molar-refractivity contribution in [1.29, 1.82) is 0 Å². The lowest BCUT2D eigenvalue weighted by atomic mass is 10.1. The summed E-state index contributed by atoms with van der Waals surface area (Å²) in [7, 11) is 0. The number of benzene rings is 3. The fourth-order valence-electron chi connectivity index (χ4n) is 3.86. The zero-order valence-corrected chi connectivity index (χ0v) is 18.0. The van der Waals surface area contributed by atoms with Crippen LogP contribution in [0.3, 0.4) is 0 Å². The highest BCUT2D eigenvalue weighted by Crippen LogP contribution is 2.37. The van der Waals surface area contributed by atoms with E-state index in [0.29, 0.717) is 17.0 Å². The maximum Gasteiger partial charge on any atom is 0.282 e. The summed E-state index contributed by atoms with van der Waals surface area (Å²) in [5.41, 5.74) is 4.25. The molecule has 0 fully saturated rings. The normalized spacial score (nSPS) is 14.1. The molecule has 4 aromatic rings. The summed E-state index contributed by atoms with van der Waals surface area (Å²) in [5, 5.41) is 7.27. The van der Waals surface area contributed by atoms with Gasteiger partial charge in [-0.15, -0.1) is 11.3 Å². The highest BCUT2D eigenvalue weighted by atomic mass is 32.1. The van der Waals surface area contributed by atoms with Crippen LogP contribution in [-0.2, 0) is 9.59 Å². The Morgan fingerprint density at radius 1 is 0.806 bits per heavy atom. The summed E-state index contributed by atoms with van der Waals surface area (Å²) >= 11 is 1.45. The summed E-state index contributed by atoms with van der Waals surface area (Å²) in [6.45, 7) is 3.99. The molecule has 0 aliphatic carbocycles. The molecule has 1 N–H and O–H groups in total. The SMILES string of the molecule is Cc1ccc(N2C(=O)C(Nc3cccc4ccccc34)=C(c3cccs3)C2=O)cc1C. The van der Waals surface area contributed by atoms with Gasteiger partial charge in [-0.2, -0.15) is 0 Å². The van der Waals surface area contributed by atoms with Gasteiger partial charge in [-0.25, -0.2) is 4.90 Å². The second-order valence-electron chi connectivity index (χ2n) is 7.59. The summed E-state index contributed by atoms with van der Waals surface area (Å²) in [6.07, 6.45) is 0. The average Bonchev–Trinajstić information content (AvgIpc) is 3.37. The number of amides is 2. The minimum Gasteiger partial charge on any atom is -0.350 e. The molecule has 0 atom stereocenters. The molecule has 1 aliphatic heterocycles. The number of aryl methyl sites for hydroxylation is 2. The van der Waals surface area contributed by atoms with Gasteiger partial charge in [0.1, 0.15) is 5.70 Å². The molecule has 5 rings (SSSR count). The van der Waals surface area contributed by atoms with E-state index in [1.807, 2.05) is 92.0 Å². The number of carbonyl (C=O) groups is 2. The van der Waals surface area contributed by atoms with E-state index in [1.165, 1.54) is 16.2 Å². The molecule has 0 saturated carbocycles. The van der Waals surface area contributed by atoms with Crippen LogP contribution in [0.2, 0.25) is 0 Å². The van der Waals surface area contributed by atoms with E-state index in [9.17, 15) is 9.59 Å². The van der Waals surface area contributed by atoms with Gasteiger partial charge in [-0.1, -0.05) is 48.5 Å².